The van der Waals surface area contributed by atoms with Crippen LogP contribution < -0.4 is 5.73 Å². The SMILES string of the molecule is CC(C)c1ccc(C(C#N)N2CCC(C(N)=O)CC2)cc1. The van der Waals surface area contributed by atoms with Crippen molar-refractivity contribution < 1.29 is 4.79 Å². The Bertz CT molecular complexity index is 522. The van der Waals surface area contributed by atoms with Crippen LogP contribution in [0.2, 0.25) is 0 Å². The van der Waals surface area contributed by atoms with Gasteiger partial charge >= 0.3 is 0 Å². The van der Waals surface area contributed by atoms with Crippen molar-refractivity contribution in [1.29, 1.82) is 5.26 Å². The Morgan fingerprint density at radius 2 is 1.76 bits per heavy atom. The molecule has 1 saturated heterocycles. The number of nitrogens with zero attached hydrogens (tertiary/aromatic N) is 2. The van der Waals surface area contributed by atoms with Gasteiger partial charge in [-0.25, -0.2) is 0 Å². The molecular weight excluding hydrogens is 262 g/mol. The number of amides is 1. The molecule has 1 fully saturated rings. The molecule has 1 aliphatic rings. The van der Waals surface area contributed by atoms with Crippen molar-refractivity contribution in [3.8, 4) is 6.07 Å². The summed E-state index contributed by atoms with van der Waals surface area (Å²) in [5.74, 6) is 0.235. The molecule has 1 aromatic carbocycles. The van der Waals surface area contributed by atoms with E-state index in [1.54, 1.807) is 0 Å². The van der Waals surface area contributed by atoms with Gasteiger partial charge in [-0.3, -0.25) is 9.69 Å². The van der Waals surface area contributed by atoms with Gasteiger partial charge in [0.1, 0.15) is 6.04 Å². The molecule has 2 rings (SSSR count). The third-order valence-corrected chi connectivity index (χ3v) is 4.34. The number of nitrogens with two attached hydrogens (primary N) is 1. The molecule has 112 valence electrons. The predicted molar refractivity (Wildman–Crippen MR) is 82.4 cm³/mol. The number of hydrogen-bond donors (Lipinski definition) is 1. The van der Waals surface area contributed by atoms with Crippen LogP contribution in [0.25, 0.3) is 0 Å². The van der Waals surface area contributed by atoms with Crippen LogP contribution in [0.15, 0.2) is 24.3 Å². The quantitative estimate of drug-likeness (QED) is 0.924. The van der Waals surface area contributed by atoms with Gasteiger partial charge in [0.05, 0.1) is 6.07 Å². The maximum Gasteiger partial charge on any atom is 0.220 e. The molecule has 0 saturated carbocycles. The standard InChI is InChI=1S/C17H23N3O/c1-12(2)13-3-5-14(6-4-13)16(11-18)20-9-7-15(8-10-20)17(19)21/h3-6,12,15-16H,7-10H2,1-2H3,(H2,19,21). The van der Waals surface area contributed by atoms with Crippen LogP contribution in [0.1, 0.15) is 49.8 Å². The average molecular weight is 285 g/mol. The summed E-state index contributed by atoms with van der Waals surface area (Å²) in [7, 11) is 0. The number of nitriles is 1. The molecule has 21 heavy (non-hydrogen) atoms. The van der Waals surface area contributed by atoms with E-state index in [-0.39, 0.29) is 17.9 Å². The number of piperidine rings is 1. The van der Waals surface area contributed by atoms with Gasteiger partial charge in [0.15, 0.2) is 0 Å². The van der Waals surface area contributed by atoms with Crippen molar-refractivity contribution in [2.45, 2.75) is 38.6 Å². The molecule has 1 aromatic rings. The van der Waals surface area contributed by atoms with Crippen LogP contribution in [0, 0.1) is 17.2 Å². The van der Waals surface area contributed by atoms with Gasteiger partial charge in [-0.1, -0.05) is 38.1 Å². The monoisotopic (exact) mass is 285 g/mol. The zero-order chi connectivity index (χ0) is 15.4. The lowest BCUT2D eigenvalue weighted by Crippen LogP contribution is -2.40. The van der Waals surface area contributed by atoms with Crippen molar-refractivity contribution in [2.75, 3.05) is 13.1 Å². The minimum Gasteiger partial charge on any atom is -0.369 e. The molecule has 0 radical (unpaired) electrons. The van der Waals surface area contributed by atoms with Gasteiger partial charge in [0.25, 0.3) is 0 Å². The van der Waals surface area contributed by atoms with Gasteiger partial charge in [-0.2, -0.15) is 5.26 Å². The summed E-state index contributed by atoms with van der Waals surface area (Å²) in [5.41, 5.74) is 7.66. The van der Waals surface area contributed by atoms with E-state index in [2.05, 4.69) is 36.9 Å². The molecule has 1 atom stereocenters. The molecule has 1 heterocycles. The highest BCUT2D eigenvalue weighted by Gasteiger charge is 2.28. The fraction of sp³-hybridized carbons (Fsp3) is 0.529. The van der Waals surface area contributed by atoms with Crippen LogP contribution in [0.5, 0.6) is 0 Å². The van der Waals surface area contributed by atoms with Crippen molar-refractivity contribution in [1.82, 2.24) is 4.90 Å². The summed E-state index contributed by atoms with van der Waals surface area (Å²) >= 11 is 0. The Balaban J connectivity index is 2.07. The number of likely N-dealkylation sites (tertiary alicyclic amines) is 1. The molecule has 4 nitrogen and oxygen atoms in total. The smallest absolute Gasteiger partial charge is 0.220 e. The molecule has 0 aliphatic carbocycles. The second kappa shape index (κ2) is 6.73. The van der Waals surface area contributed by atoms with Crippen LogP contribution in [-0.4, -0.2) is 23.9 Å². The minimum absolute atomic E-state index is 0.0380. The topological polar surface area (TPSA) is 70.1 Å². The number of benzene rings is 1. The van der Waals surface area contributed by atoms with Crippen molar-refractivity contribution in [3.05, 3.63) is 35.4 Å². The van der Waals surface area contributed by atoms with E-state index in [4.69, 9.17) is 5.73 Å². The van der Waals surface area contributed by atoms with E-state index in [9.17, 15) is 10.1 Å². The predicted octanol–water partition coefficient (Wildman–Crippen LogP) is 2.57. The molecule has 1 unspecified atom stereocenters. The summed E-state index contributed by atoms with van der Waals surface area (Å²) in [6.45, 7) is 5.81. The summed E-state index contributed by atoms with van der Waals surface area (Å²) < 4.78 is 0. The average Bonchev–Trinajstić information content (AvgIpc) is 2.49. The third-order valence-electron chi connectivity index (χ3n) is 4.34. The van der Waals surface area contributed by atoms with E-state index in [0.29, 0.717) is 5.92 Å². The van der Waals surface area contributed by atoms with Gasteiger partial charge in [0.2, 0.25) is 5.91 Å². The second-order valence-electron chi connectivity index (χ2n) is 6.07. The molecule has 0 bridgehead atoms. The number of primary amides is 1. The number of carbonyl (C=O) groups excluding carboxylic acids is 1. The van der Waals surface area contributed by atoms with Crippen molar-refractivity contribution in [3.63, 3.8) is 0 Å². The van der Waals surface area contributed by atoms with E-state index in [1.807, 2.05) is 12.1 Å². The molecule has 0 aromatic heterocycles. The number of rotatable bonds is 4. The van der Waals surface area contributed by atoms with Gasteiger partial charge in [-0.05, 0) is 29.9 Å². The van der Waals surface area contributed by atoms with Gasteiger partial charge < -0.3 is 5.73 Å². The molecule has 0 spiro atoms. The Morgan fingerprint density at radius 3 is 2.19 bits per heavy atom. The Morgan fingerprint density at radius 1 is 1.24 bits per heavy atom. The fourth-order valence-electron chi connectivity index (χ4n) is 2.87. The Labute approximate surface area is 126 Å². The number of hydrogen-bond acceptors (Lipinski definition) is 3. The van der Waals surface area contributed by atoms with E-state index in [0.717, 1.165) is 31.5 Å². The third kappa shape index (κ3) is 3.62. The largest absolute Gasteiger partial charge is 0.369 e. The molecule has 2 N–H and O–H groups in total. The lowest BCUT2D eigenvalue weighted by molar-refractivity contribution is -0.123. The van der Waals surface area contributed by atoms with E-state index < -0.39 is 0 Å². The van der Waals surface area contributed by atoms with Gasteiger partial charge in [-0.15, -0.1) is 0 Å². The molecular formula is C17H23N3O. The van der Waals surface area contributed by atoms with E-state index in [1.165, 1.54) is 5.56 Å². The first kappa shape index (κ1) is 15.5. The van der Waals surface area contributed by atoms with Crippen LogP contribution in [0.3, 0.4) is 0 Å². The molecule has 1 amide bonds. The zero-order valence-corrected chi connectivity index (χ0v) is 12.7. The first-order valence-electron chi connectivity index (χ1n) is 7.55. The number of carbonyl (C=O) groups is 1. The van der Waals surface area contributed by atoms with E-state index >= 15 is 0 Å². The Hall–Kier alpha value is -1.86. The van der Waals surface area contributed by atoms with Crippen LogP contribution in [0.4, 0.5) is 0 Å². The highest BCUT2D eigenvalue weighted by atomic mass is 16.1. The summed E-state index contributed by atoms with van der Waals surface area (Å²) in [6, 6.07) is 10.4. The Kier molecular flexibility index (Phi) is 4.98. The maximum absolute atomic E-state index is 11.2. The highest BCUT2D eigenvalue weighted by molar-refractivity contribution is 5.76. The molecule has 1 aliphatic heterocycles. The zero-order valence-electron chi connectivity index (χ0n) is 12.7. The summed E-state index contributed by atoms with van der Waals surface area (Å²) in [4.78, 5) is 13.4. The minimum atomic E-state index is -0.236. The van der Waals surface area contributed by atoms with Crippen molar-refractivity contribution >= 4 is 5.91 Å². The van der Waals surface area contributed by atoms with Crippen LogP contribution in [-0.2, 0) is 4.79 Å². The first-order chi connectivity index (χ1) is 10.0. The lowest BCUT2D eigenvalue weighted by atomic mass is 9.93. The second-order valence-corrected chi connectivity index (χ2v) is 6.07. The lowest BCUT2D eigenvalue weighted by Gasteiger charge is -2.33. The summed E-state index contributed by atoms with van der Waals surface area (Å²) in [5, 5.41) is 9.50. The fourth-order valence-corrected chi connectivity index (χ4v) is 2.87. The first-order valence-corrected chi connectivity index (χ1v) is 7.55. The van der Waals surface area contributed by atoms with Gasteiger partial charge in [0, 0.05) is 19.0 Å². The summed E-state index contributed by atoms with van der Waals surface area (Å²) in [6.07, 6.45) is 1.50. The van der Waals surface area contributed by atoms with Crippen LogP contribution >= 0.6 is 0 Å². The maximum atomic E-state index is 11.2. The normalized spacial score (nSPS) is 18.4. The molecule has 4 heteroatoms. The highest BCUT2D eigenvalue weighted by Crippen LogP contribution is 2.27. The van der Waals surface area contributed by atoms with Crippen molar-refractivity contribution in [2.24, 2.45) is 11.7 Å².